The highest BCUT2D eigenvalue weighted by Crippen LogP contribution is 2.19. The summed E-state index contributed by atoms with van der Waals surface area (Å²) in [5.74, 6) is 0.432. The zero-order chi connectivity index (χ0) is 20.8. The van der Waals surface area contributed by atoms with Gasteiger partial charge in [-0.25, -0.2) is 4.79 Å². The third-order valence-electron chi connectivity index (χ3n) is 4.52. The van der Waals surface area contributed by atoms with E-state index in [0.717, 1.165) is 22.5 Å². The minimum atomic E-state index is -0.550. The highest BCUT2D eigenvalue weighted by Gasteiger charge is 2.14. The fourth-order valence-electron chi connectivity index (χ4n) is 2.75. The normalized spacial score (nSPS) is 10.6. The van der Waals surface area contributed by atoms with E-state index in [1.165, 1.54) is 11.8 Å². The first-order valence-electron chi connectivity index (χ1n) is 9.17. The Bertz CT molecular complexity index is 1020. The topological polar surface area (TPSA) is 88.9 Å². The van der Waals surface area contributed by atoms with Gasteiger partial charge in [0.2, 0.25) is 5.91 Å². The lowest BCUT2D eigenvalue weighted by Gasteiger charge is -2.11. The molecule has 0 spiro atoms. The van der Waals surface area contributed by atoms with E-state index in [-0.39, 0.29) is 5.75 Å². The number of hydrogen-bond acceptors (Lipinski definition) is 5. The molecule has 3 amide bonds. The van der Waals surface area contributed by atoms with E-state index < -0.39 is 11.9 Å². The standard InChI is InChI=1S/C21H23N5O2S/c1-14-8-7-11-18(15(14)2)22-20(28)23-19(27)13-29-21-25-24-16(3)26(21)12-17-9-5-4-6-10-17/h4-11H,12-13H2,1-3H3,(H2,22,23,27,28). The van der Waals surface area contributed by atoms with Crippen molar-refractivity contribution >= 4 is 29.4 Å². The number of thioether (sulfide) groups is 1. The van der Waals surface area contributed by atoms with Gasteiger partial charge in [-0.15, -0.1) is 10.2 Å². The van der Waals surface area contributed by atoms with Gasteiger partial charge in [0, 0.05) is 5.69 Å². The summed E-state index contributed by atoms with van der Waals surface area (Å²) in [6.07, 6.45) is 0. The van der Waals surface area contributed by atoms with E-state index in [1.54, 1.807) is 6.07 Å². The molecule has 0 aliphatic rings. The molecule has 0 bridgehead atoms. The number of amides is 3. The van der Waals surface area contributed by atoms with E-state index in [4.69, 9.17) is 0 Å². The number of carbonyl (C=O) groups excluding carboxylic acids is 2. The smallest absolute Gasteiger partial charge is 0.307 e. The Labute approximate surface area is 173 Å². The van der Waals surface area contributed by atoms with Crippen LogP contribution in [0.4, 0.5) is 10.5 Å². The van der Waals surface area contributed by atoms with Gasteiger partial charge in [0.25, 0.3) is 0 Å². The van der Waals surface area contributed by atoms with E-state index >= 15 is 0 Å². The molecular formula is C21H23N5O2S. The minimum Gasteiger partial charge on any atom is -0.307 e. The molecule has 0 aliphatic carbocycles. The maximum Gasteiger partial charge on any atom is 0.325 e. The Morgan fingerprint density at radius 1 is 1.00 bits per heavy atom. The molecule has 150 valence electrons. The molecule has 0 saturated carbocycles. The third-order valence-corrected chi connectivity index (χ3v) is 5.49. The van der Waals surface area contributed by atoms with Crippen molar-refractivity contribution in [2.45, 2.75) is 32.5 Å². The fourth-order valence-corrected chi connectivity index (χ4v) is 3.53. The van der Waals surface area contributed by atoms with Gasteiger partial charge in [-0.2, -0.15) is 0 Å². The van der Waals surface area contributed by atoms with Crippen LogP contribution in [-0.2, 0) is 11.3 Å². The van der Waals surface area contributed by atoms with Crippen LogP contribution >= 0.6 is 11.8 Å². The lowest BCUT2D eigenvalue weighted by Crippen LogP contribution is -2.35. The number of hydrogen-bond donors (Lipinski definition) is 2. The fraction of sp³-hybridized carbons (Fsp3) is 0.238. The van der Waals surface area contributed by atoms with Crippen molar-refractivity contribution in [1.29, 1.82) is 0 Å². The van der Waals surface area contributed by atoms with Gasteiger partial charge in [0.1, 0.15) is 5.82 Å². The number of imide groups is 1. The predicted molar refractivity (Wildman–Crippen MR) is 114 cm³/mol. The number of aromatic nitrogens is 3. The molecule has 2 aromatic carbocycles. The van der Waals surface area contributed by atoms with Gasteiger partial charge in [-0.05, 0) is 43.5 Å². The van der Waals surface area contributed by atoms with Gasteiger partial charge in [-0.3, -0.25) is 10.1 Å². The van der Waals surface area contributed by atoms with Gasteiger partial charge in [-0.1, -0.05) is 54.2 Å². The number of urea groups is 1. The molecule has 0 atom stereocenters. The van der Waals surface area contributed by atoms with Crippen molar-refractivity contribution in [3.8, 4) is 0 Å². The lowest BCUT2D eigenvalue weighted by molar-refractivity contribution is -0.117. The van der Waals surface area contributed by atoms with Crippen LogP contribution < -0.4 is 10.6 Å². The largest absolute Gasteiger partial charge is 0.325 e. The number of nitrogens with one attached hydrogen (secondary N) is 2. The van der Waals surface area contributed by atoms with Crippen LogP contribution in [-0.4, -0.2) is 32.5 Å². The summed E-state index contributed by atoms with van der Waals surface area (Å²) in [6.45, 7) is 6.38. The molecule has 7 nitrogen and oxygen atoms in total. The maximum atomic E-state index is 12.2. The predicted octanol–water partition coefficient (Wildman–Crippen LogP) is 3.69. The Morgan fingerprint density at radius 2 is 1.76 bits per heavy atom. The molecule has 1 aromatic heterocycles. The summed E-state index contributed by atoms with van der Waals surface area (Å²) in [4.78, 5) is 24.3. The summed E-state index contributed by atoms with van der Waals surface area (Å²) in [6, 6.07) is 15.0. The van der Waals surface area contributed by atoms with E-state index in [0.29, 0.717) is 17.4 Å². The number of carbonyl (C=O) groups is 2. The van der Waals surface area contributed by atoms with Crippen molar-refractivity contribution in [3.63, 3.8) is 0 Å². The second-order valence-corrected chi connectivity index (χ2v) is 7.58. The summed E-state index contributed by atoms with van der Waals surface area (Å²) in [7, 11) is 0. The van der Waals surface area contributed by atoms with E-state index in [9.17, 15) is 9.59 Å². The second kappa shape index (κ2) is 9.38. The van der Waals surface area contributed by atoms with Crippen molar-refractivity contribution in [2.75, 3.05) is 11.1 Å². The number of aryl methyl sites for hydroxylation is 2. The molecule has 0 saturated heterocycles. The van der Waals surface area contributed by atoms with Crippen molar-refractivity contribution in [1.82, 2.24) is 20.1 Å². The van der Waals surface area contributed by atoms with Gasteiger partial charge < -0.3 is 9.88 Å². The second-order valence-electron chi connectivity index (χ2n) is 6.64. The van der Waals surface area contributed by atoms with Gasteiger partial charge in [0.05, 0.1) is 12.3 Å². The van der Waals surface area contributed by atoms with E-state index in [2.05, 4.69) is 20.8 Å². The highest BCUT2D eigenvalue weighted by atomic mass is 32.2. The molecule has 0 aliphatic heterocycles. The zero-order valence-corrected chi connectivity index (χ0v) is 17.4. The van der Waals surface area contributed by atoms with Crippen molar-refractivity contribution in [3.05, 3.63) is 71.0 Å². The first-order valence-corrected chi connectivity index (χ1v) is 10.2. The first-order chi connectivity index (χ1) is 13.9. The first kappa shape index (κ1) is 20.6. The number of nitrogens with zero attached hydrogens (tertiary/aromatic N) is 3. The van der Waals surface area contributed by atoms with Crippen LogP contribution in [0.25, 0.3) is 0 Å². The Balaban J connectivity index is 1.56. The Hall–Kier alpha value is -3.13. The summed E-state index contributed by atoms with van der Waals surface area (Å²) in [5.41, 5.74) is 3.84. The molecule has 0 unspecified atom stereocenters. The van der Waals surface area contributed by atoms with Crippen molar-refractivity contribution < 1.29 is 9.59 Å². The molecule has 1 heterocycles. The average Bonchev–Trinajstić information content (AvgIpc) is 3.04. The van der Waals surface area contributed by atoms with Gasteiger partial charge in [0.15, 0.2) is 5.16 Å². The molecule has 29 heavy (non-hydrogen) atoms. The number of rotatable bonds is 6. The minimum absolute atomic E-state index is 0.0626. The van der Waals surface area contributed by atoms with Crippen molar-refractivity contribution in [2.24, 2.45) is 0 Å². The highest BCUT2D eigenvalue weighted by molar-refractivity contribution is 7.99. The van der Waals surface area contributed by atoms with E-state index in [1.807, 2.05) is 67.8 Å². The van der Waals surface area contributed by atoms with Crippen LogP contribution in [0.3, 0.4) is 0 Å². The van der Waals surface area contributed by atoms with Crippen LogP contribution in [0.2, 0.25) is 0 Å². The molecule has 0 radical (unpaired) electrons. The molecule has 0 fully saturated rings. The average molecular weight is 410 g/mol. The molecule has 3 aromatic rings. The van der Waals surface area contributed by atoms with Crippen LogP contribution in [0.15, 0.2) is 53.7 Å². The molecule has 8 heteroatoms. The number of benzene rings is 2. The van der Waals surface area contributed by atoms with Crippen LogP contribution in [0, 0.1) is 20.8 Å². The monoisotopic (exact) mass is 409 g/mol. The Morgan fingerprint density at radius 3 is 2.52 bits per heavy atom. The Kier molecular flexibility index (Phi) is 6.66. The summed E-state index contributed by atoms with van der Waals surface area (Å²) >= 11 is 1.25. The zero-order valence-electron chi connectivity index (χ0n) is 16.6. The molecule has 2 N–H and O–H groups in total. The quantitative estimate of drug-likeness (QED) is 0.606. The molecular weight excluding hydrogens is 386 g/mol. The number of anilines is 1. The lowest BCUT2D eigenvalue weighted by atomic mass is 10.1. The summed E-state index contributed by atoms with van der Waals surface area (Å²) in [5, 5.41) is 14.0. The van der Waals surface area contributed by atoms with Crippen LogP contribution in [0.1, 0.15) is 22.5 Å². The van der Waals surface area contributed by atoms with Crippen LogP contribution in [0.5, 0.6) is 0 Å². The summed E-state index contributed by atoms with van der Waals surface area (Å²) < 4.78 is 1.95. The third kappa shape index (κ3) is 5.45. The maximum absolute atomic E-state index is 12.2. The SMILES string of the molecule is Cc1cccc(NC(=O)NC(=O)CSc2nnc(C)n2Cc2ccccc2)c1C. The van der Waals surface area contributed by atoms with Gasteiger partial charge >= 0.3 is 6.03 Å². The molecule has 3 rings (SSSR count).